The highest BCUT2D eigenvalue weighted by Gasteiger charge is 2.41. The number of rotatable bonds is 8. The van der Waals surface area contributed by atoms with Gasteiger partial charge in [-0.1, -0.05) is 29.8 Å². The van der Waals surface area contributed by atoms with Gasteiger partial charge in [0.25, 0.3) is 0 Å². The molecule has 1 unspecified atom stereocenters. The van der Waals surface area contributed by atoms with E-state index in [1.807, 2.05) is 11.6 Å². The summed E-state index contributed by atoms with van der Waals surface area (Å²) in [5.74, 6) is 0.618. The van der Waals surface area contributed by atoms with Crippen LogP contribution in [-0.4, -0.2) is 27.8 Å². The van der Waals surface area contributed by atoms with Crippen LogP contribution >= 0.6 is 12.4 Å². The number of benzene rings is 1. The molecule has 154 valence electrons. The Kier molecular flexibility index (Phi) is 7.29. The predicted molar refractivity (Wildman–Crippen MR) is 116 cm³/mol. The number of amides is 1. The lowest BCUT2D eigenvalue weighted by molar-refractivity contribution is -0.123. The lowest BCUT2D eigenvalue weighted by atomic mass is 9.95. The highest BCUT2D eigenvalue weighted by atomic mass is 35.5. The molecule has 1 fully saturated rings. The van der Waals surface area contributed by atoms with Gasteiger partial charge in [0.2, 0.25) is 5.91 Å². The molecular formula is C22H33ClN4O. The van der Waals surface area contributed by atoms with Crippen molar-refractivity contribution in [2.75, 3.05) is 6.54 Å². The fourth-order valence-corrected chi connectivity index (χ4v) is 3.78. The van der Waals surface area contributed by atoms with E-state index in [1.54, 1.807) is 0 Å². The van der Waals surface area contributed by atoms with Gasteiger partial charge in [-0.2, -0.15) is 5.10 Å². The van der Waals surface area contributed by atoms with Crippen LogP contribution in [-0.2, 0) is 17.8 Å². The smallest absolute Gasteiger partial charge is 0.220 e. The standard InChI is InChI=1S/C22H32N4O.ClH/c1-15-5-7-18(8-6-15)13-26-17(3)20(16(2)25-26)11-12-21(27)24-22(4,14-23)19-9-10-19;/h5-8,19H,9-14,23H2,1-4H3,(H,24,27);1H. The van der Waals surface area contributed by atoms with Crippen molar-refractivity contribution in [2.24, 2.45) is 11.7 Å². The number of aromatic nitrogens is 2. The molecule has 1 amide bonds. The van der Waals surface area contributed by atoms with E-state index in [4.69, 9.17) is 10.8 Å². The molecular weight excluding hydrogens is 372 g/mol. The van der Waals surface area contributed by atoms with Crippen molar-refractivity contribution in [3.05, 3.63) is 52.3 Å². The summed E-state index contributed by atoms with van der Waals surface area (Å²) in [4.78, 5) is 12.5. The third-order valence-corrected chi connectivity index (χ3v) is 5.91. The highest BCUT2D eigenvalue weighted by Crippen LogP contribution is 2.39. The highest BCUT2D eigenvalue weighted by molar-refractivity contribution is 5.85. The van der Waals surface area contributed by atoms with Gasteiger partial charge in [-0.25, -0.2) is 0 Å². The average molecular weight is 405 g/mol. The van der Waals surface area contributed by atoms with Crippen molar-refractivity contribution >= 4 is 18.3 Å². The zero-order chi connectivity index (χ0) is 19.6. The van der Waals surface area contributed by atoms with Crippen molar-refractivity contribution in [1.29, 1.82) is 0 Å². The molecule has 0 saturated heterocycles. The maximum atomic E-state index is 12.5. The first-order valence-electron chi connectivity index (χ1n) is 9.92. The summed E-state index contributed by atoms with van der Waals surface area (Å²) >= 11 is 0. The predicted octanol–water partition coefficient (Wildman–Crippen LogP) is 3.45. The molecule has 0 bridgehead atoms. The van der Waals surface area contributed by atoms with Crippen molar-refractivity contribution < 1.29 is 4.79 Å². The second kappa shape index (κ2) is 9.10. The van der Waals surface area contributed by atoms with Crippen molar-refractivity contribution in [2.45, 2.75) is 65.5 Å². The van der Waals surface area contributed by atoms with Crippen LogP contribution in [0, 0.1) is 26.7 Å². The van der Waals surface area contributed by atoms with Crippen LogP contribution in [0.5, 0.6) is 0 Å². The minimum atomic E-state index is -0.253. The first kappa shape index (κ1) is 22.4. The van der Waals surface area contributed by atoms with E-state index in [2.05, 4.69) is 50.4 Å². The summed E-state index contributed by atoms with van der Waals surface area (Å²) in [5.41, 5.74) is 11.5. The molecule has 1 atom stereocenters. The van der Waals surface area contributed by atoms with Crippen LogP contribution in [0.15, 0.2) is 24.3 Å². The van der Waals surface area contributed by atoms with Gasteiger partial charge < -0.3 is 11.1 Å². The summed E-state index contributed by atoms with van der Waals surface area (Å²) in [7, 11) is 0. The van der Waals surface area contributed by atoms with Gasteiger partial charge in [-0.05, 0) is 64.0 Å². The molecule has 1 aromatic heterocycles. The van der Waals surface area contributed by atoms with Gasteiger partial charge in [0.05, 0.1) is 17.8 Å². The Labute approximate surface area is 174 Å². The Hall–Kier alpha value is -1.85. The Morgan fingerprint density at radius 3 is 2.46 bits per heavy atom. The molecule has 6 heteroatoms. The fourth-order valence-electron chi connectivity index (χ4n) is 3.78. The first-order valence-corrected chi connectivity index (χ1v) is 9.92. The van der Waals surface area contributed by atoms with Gasteiger partial charge in [-0.3, -0.25) is 9.48 Å². The first-order chi connectivity index (χ1) is 12.8. The number of hydrogen-bond acceptors (Lipinski definition) is 3. The molecule has 3 N–H and O–H groups in total. The van der Waals surface area contributed by atoms with Crippen LogP contribution in [0.2, 0.25) is 0 Å². The van der Waals surface area contributed by atoms with E-state index in [-0.39, 0.29) is 23.9 Å². The minimum absolute atomic E-state index is 0. The molecule has 0 radical (unpaired) electrons. The van der Waals surface area contributed by atoms with Crippen molar-refractivity contribution in [3.63, 3.8) is 0 Å². The molecule has 5 nitrogen and oxygen atoms in total. The number of nitrogens with one attached hydrogen (secondary N) is 1. The second-order valence-corrected chi connectivity index (χ2v) is 8.24. The summed E-state index contributed by atoms with van der Waals surface area (Å²) in [6, 6.07) is 8.54. The summed E-state index contributed by atoms with van der Waals surface area (Å²) in [5, 5.41) is 7.87. The van der Waals surface area contributed by atoms with Gasteiger partial charge in [0.15, 0.2) is 0 Å². The van der Waals surface area contributed by atoms with Gasteiger partial charge in [0.1, 0.15) is 0 Å². The van der Waals surface area contributed by atoms with Crippen molar-refractivity contribution in [1.82, 2.24) is 15.1 Å². The molecule has 1 aromatic carbocycles. The number of carbonyl (C=O) groups is 1. The van der Waals surface area contributed by atoms with Crippen LogP contribution in [0.3, 0.4) is 0 Å². The minimum Gasteiger partial charge on any atom is -0.349 e. The maximum Gasteiger partial charge on any atom is 0.220 e. The zero-order valence-electron chi connectivity index (χ0n) is 17.4. The van der Waals surface area contributed by atoms with E-state index >= 15 is 0 Å². The Balaban J connectivity index is 0.00000280. The van der Waals surface area contributed by atoms with Crippen LogP contribution < -0.4 is 11.1 Å². The van der Waals surface area contributed by atoms with E-state index in [0.717, 1.165) is 30.8 Å². The van der Waals surface area contributed by atoms with Crippen LogP contribution in [0.1, 0.15) is 54.3 Å². The number of hydrogen-bond donors (Lipinski definition) is 2. The van der Waals surface area contributed by atoms with Gasteiger partial charge in [0, 0.05) is 18.7 Å². The summed E-state index contributed by atoms with van der Waals surface area (Å²) in [6.07, 6.45) is 3.51. The molecule has 3 rings (SSSR count). The van der Waals surface area contributed by atoms with E-state index < -0.39 is 0 Å². The number of halogens is 1. The number of carbonyl (C=O) groups excluding carboxylic acids is 1. The quantitative estimate of drug-likeness (QED) is 0.707. The fraction of sp³-hybridized carbons (Fsp3) is 0.545. The molecule has 1 saturated carbocycles. The van der Waals surface area contributed by atoms with Crippen LogP contribution in [0.4, 0.5) is 0 Å². The van der Waals surface area contributed by atoms with Gasteiger partial charge in [-0.15, -0.1) is 12.4 Å². The van der Waals surface area contributed by atoms with E-state index in [1.165, 1.54) is 16.7 Å². The lowest BCUT2D eigenvalue weighted by Crippen LogP contribution is -2.53. The third-order valence-electron chi connectivity index (χ3n) is 5.91. The molecule has 28 heavy (non-hydrogen) atoms. The van der Waals surface area contributed by atoms with Crippen molar-refractivity contribution in [3.8, 4) is 0 Å². The molecule has 1 aliphatic carbocycles. The molecule has 2 aromatic rings. The van der Waals surface area contributed by atoms with E-state index in [9.17, 15) is 4.79 Å². The molecule has 1 heterocycles. The number of aryl methyl sites for hydroxylation is 2. The Morgan fingerprint density at radius 1 is 1.25 bits per heavy atom. The topological polar surface area (TPSA) is 72.9 Å². The largest absolute Gasteiger partial charge is 0.349 e. The van der Waals surface area contributed by atoms with Gasteiger partial charge >= 0.3 is 0 Å². The Bertz CT molecular complexity index is 811. The second-order valence-electron chi connectivity index (χ2n) is 8.24. The third kappa shape index (κ3) is 5.15. The monoisotopic (exact) mass is 404 g/mol. The number of nitrogens with zero attached hydrogens (tertiary/aromatic N) is 2. The zero-order valence-corrected chi connectivity index (χ0v) is 18.2. The summed E-state index contributed by atoms with van der Waals surface area (Å²) in [6.45, 7) is 9.53. The normalized spacial score (nSPS) is 15.6. The SMILES string of the molecule is Cc1ccc(Cn2nc(C)c(CCC(=O)NC(C)(CN)C3CC3)c2C)cc1.Cl. The van der Waals surface area contributed by atoms with E-state index in [0.29, 0.717) is 25.3 Å². The lowest BCUT2D eigenvalue weighted by Gasteiger charge is -2.29. The Morgan fingerprint density at radius 2 is 1.89 bits per heavy atom. The maximum absolute atomic E-state index is 12.5. The van der Waals surface area contributed by atoms with Crippen LogP contribution in [0.25, 0.3) is 0 Å². The molecule has 0 spiro atoms. The number of nitrogens with two attached hydrogens (primary N) is 1. The average Bonchev–Trinajstić information content (AvgIpc) is 3.45. The molecule has 0 aliphatic heterocycles. The summed E-state index contributed by atoms with van der Waals surface area (Å²) < 4.78 is 2.04. The molecule has 1 aliphatic rings.